The number of rotatable bonds is 3. The molecule has 0 radical (unpaired) electrons. The molecule has 0 bridgehead atoms. The van der Waals surface area contributed by atoms with E-state index in [0.29, 0.717) is 16.5 Å². The van der Waals surface area contributed by atoms with Gasteiger partial charge in [0.1, 0.15) is 5.82 Å². The van der Waals surface area contributed by atoms with Gasteiger partial charge in [-0.05, 0) is 61.2 Å². The van der Waals surface area contributed by atoms with Crippen molar-refractivity contribution in [3.8, 4) is 0 Å². The molecule has 1 unspecified atom stereocenters. The summed E-state index contributed by atoms with van der Waals surface area (Å²) in [5.74, 6) is -0.338. The van der Waals surface area contributed by atoms with Crippen molar-refractivity contribution in [2.75, 3.05) is 0 Å². The molecule has 0 saturated carbocycles. The summed E-state index contributed by atoms with van der Waals surface area (Å²) in [4.78, 5) is 4.04. The van der Waals surface area contributed by atoms with Crippen LogP contribution in [0.1, 0.15) is 17.2 Å². The van der Waals surface area contributed by atoms with Crippen LogP contribution in [0.3, 0.4) is 0 Å². The van der Waals surface area contributed by atoms with E-state index < -0.39 is 6.10 Å². The first-order valence-corrected chi connectivity index (χ1v) is 6.87. The SMILES string of the molecule is OC(Cc1cncc(Br)c1)c1ccc(F)c(Br)c1. The standard InChI is InChI=1S/C13H10Br2FNO/c14-10-3-8(6-17-7-10)4-13(18)9-1-2-12(16)11(15)5-9/h1-3,5-7,13,18H,4H2. The summed E-state index contributed by atoms with van der Waals surface area (Å²) in [7, 11) is 0. The van der Waals surface area contributed by atoms with Gasteiger partial charge in [0.15, 0.2) is 0 Å². The Labute approximate surface area is 121 Å². The second-order valence-electron chi connectivity index (χ2n) is 3.90. The smallest absolute Gasteiger partial charge is 0.137 e. The zero-order chi connectivity index (χ0) is 13.1. The maximum absolute atomic E-state index is 13.1. The second-order valence-corrected chi connectivity index (χ2v) is 5.67. The molecule has 0 aliphatic rings. The van der Waals surface area contributed by atoms with Gasteiger partial charge in [-0.25, -0.2) is 4.39 Å². The van der Waals surface area contributed by atoms with Crippen LogP contribution in [0.4, 0.5) is 4.39 Å². The lowest BCUT2D eigenvalue weighted by atomic mass is 10.0. The van der Waals surface area contributed by atoms with E-state index in [1.165, 1.54) is 6.07 Å². The molecule has 0 amide bonds. The van der Waals surface area contributed by atoms with Crippen molar-refractivity contribution < 1.29 is 9.50 Å². The van der Waals surface area contributed by atoms with E-state index in [-0.39, 0.29) is 5.82 Å². The van der Waals surface area contributed by atoms with Gasteiger partial charge in [-0.15, -0.1) is 0 Å². The Balaban J connectivity index is 2.16. The summed E-state index contributed by atoms with van der Waals surface area (Å²) in [5.41, 5.74) is 1.58. The predicted molar refractivity (Wildman–Crippen MR) is 74.7 cm³/mol. The predicted octanol–water partition coefficient (Wildman–Crippen LogP) is 4.02. The maximum atomic E-state index is 13.1. The maximum Gasteiger partial charge on any atom is 0.137 e. The normalized spacial score (nSPS) is 12.4. The number of aliphatic hydroxyl groups is 1. The van der Waals surface area contributed by atoms with Crippen LogP contribution < -0.4 is 0 Å². The Morgan fingerprint density at radius 1 is 1.22 bits per heavy atom. The van der Waals surface area contributed by atoms with E-state index in [4.69, 9.17) is 0 Å². The van der Waals surface area contributed by atoms with Crippen LogP contribution in [0.2, 0.25) is 0 Å². The largest absolute Gasteiger partial charge is 0.388 e. The Kier molecular flexibility index (Phi) is 4.48. The molecule has 2 nitrogen and oxygen atoms in total. The van der Waals surface area contributed by atoms with Gasteiger partial charge >= 0.3 is 0 Å². The highest BCUT2D eigenvalue weighted by molar-refractivity contribution is 9.10. The number of pyridine rings is 1. The molecule has 5 heteroatoms. The number of benzene rings is 1. The minimum absolute atomic E-state index is 0.338. The summed E-state index contributed by atoms with van der Waals surface area (Å²) in [5, 5.41) is 10.1. The van der Waals surface area contributed by atoms with Gasteiger partial charge in [0, 0.05) is 23.3 Å². The van der Waals surface area contributed by atoms with E-state index in [2.05, 4.69) is 36.8 Å². The first-order chi connectivity index (χ1) is 8.56. The molecule has 1 N–H and O–H groups in total. The molecule has 0 aliphatic carbocycles. The fourth-order valence-electron chi connectivity index (χ4n) is 1.63. The molecule has 2 rings (SSSR count). The molecule has 18 heavy (non-hydrogen) atoms. The lowest BCUT2D eigenvalue weighted by Crippen LogP contribution is -2.02. The lowest BCUT2D eigenvalue weighted by molar-refractivity contribution is 0.178. The number of aromatic nitrogens is 1. The fraction of sp³-hybridized carbons (Fsp3) is 0.154. The molecule has 94 valence electrons. The van der Waals surface area contributed by atoms with Crippen molar-refractivity contribution in [1.29, 1.82) is 0 Å². The van der Waals surface area contributed by atoms with Crippen LogP contribution in [0.5, 0.6) is 0 Å². The number of hydrogen-bond donors (Lipinski definition) is 1. The van der Waals surface area contributed by atoms with Crippen LogP contribution in [0.25, 0.3) is 0 Å². The van der Waals surface area contributed by atoms with E-state index in [1.807, 2.05) is 6.07 Å². The Hall–Kier alpha value is -0.780. The Bertz CT molecular complexity index is 562. The zero-order valence-corrected chi connectivity index (χ0v) is 12.4. The highest BCUT2D eigenvalue weighted by Gasteiger charge is 2.11. The van der Waals surface area contributed by atoms with Crippen LogP contribution in [0.15, 0.2) is 45.6 Å². The van der Waals surface area contributed by atoms with E-state index in [0.717, 1.165) is 10.0 Å². The Morgan fingerprint density at radius 3 is 2.67 bits per heavy atom. The third kappa shape index (κ3) is 3.37. The number of nitrogens with zero attached hydrogens (tertiary/aromatic N) is 1. The number of halogens is 3. The molecule has 0 spiro atoms. The molecular weight excluding hydrogens is 365 g/mol. The van der Waals surface area contributed by atoms with E-state index >= 15 is 0 Å². The molecule has 1 aromatic heterocycles. The van der Waals surface area contributed by atoms with Gasteiger partial charge in [-0.1, -0.05) is 6.07 Å². The quantitative estimate of drug-likeness (QED) is 0.880. The van der Waals surface area contributed by atoms with Gasteiger partial charge in [0.25, 0.3) is 0 Å². The van der Waals surface area contributed by atoms with Crippen LogP contribution >= 0.6 is 31.9 Å². The van der Waals surface area contributed by atoms with Gasteiger partial charge in [-0.2, -0.15) is 0 Å². The van der Waals surface area contributed by atoms with Crippen molar-refractivity contribution in [3.05, 3.63) is 62.5 Å². The molecule has 0 fully saturated rings. The minimum Gasteiger partial charge on any atom is -0.388 e. The average Bonchev–Trinajstić information content (AvgIpc) is 2.32. The highest BCUT2D eigenvalue weighted by Crippen LogP contribution is 2.24. The van der Waals surface area contributed by atoms with Gasteiger partial charge in [0.05, 0.1) is 10.6 Å². The van der Waals surface area contributed by atoms with E-state index in [1.54, 1.807) is 24.5 Å². The first-order valence-electron chi connectivity index (χ1n) is 5.28. The van der Waals surface area contributed by atoms with Gasteiger partial charge in [-0.3, -0.25) is 4.98 Å². The molecule has 0 saturated heterocycles. The van der Waals surface area contributed by atoms with Crippen molar-refractivity contribution >= 4 is 31.9 Å². The monoisotopic (exact) mass is 373 g/mol. The minimum atomic E-state index is -0.682. The Morgan fingerprint density at radius 2 is 2.00 bits per heavy atom. The fourth-order valence-corrected chi connectivity index (χ4v) is 2.44. The van der Waals surface area contributed by atoms with Crippen LogP contribution in [-0.2, 0) is 6.42 Å². The van der Waals surface area contributed by atoms with Gasteiger partial charge < -0.3 is 5.11 Å². The van der Waals surface area contributed by atoms with Crippen LogP contribution in [0, 0.1) is 5.82 Å². The number of hydrogen-bond acceptors (Lipinski definition) is 2. The van der Waals surface area contributed by atoms with Crippen molar-refractivity contribution in [2.45, 2.75) is 12.5 Å². The molecule has 1 aromatic carbocycles. The highest BCUT2D eigenvalue weighted by atomic mass is 79.9. The van der Waals surface area contributed by atoms with E-state index in [9.17, 15) is 9.50 Å². The number of aliphatic hydroxyl groups excluding tert-OH is 1. The van der Waals surface area contributed by atoms with Gasteiger partial charge in [0.2, 0.25) is 0 Å². The average molecular weight is 375 g/mol. The summed E-state index contributed by atoms with van der Waals surface area (Å²) in [6.45, 7) is 0. The summed E-state index contributed by atoms with van der Waals surface area (Å²) < 4.78 is 14.3. The second kappa shape index (κ2) is 5.91. The molecule has 1 atom stereocenters. The topological polar surface area (TPSA) is 33.1 Å². The lowest BCUT2D eigenvalue weighted by Gasteiger charge is -2.11. The van der Waals surface area contributed by atoms with Crippen molar-refractivity contribution in [1.82, 2.24) is 4.98 Å². The molecular formula is C13H10Br2FNO. The summed E-state index contributed by atoms with van der Waals surface area (Å²) in [6.07, 6.45) is 3.14. The first kappa shape index (κ1) is 13.6. The molecule has 2 aromatic rings. The third-order valence-electron chi connectivity index (χ3n) is 2.52. The zero-order valence-electron chi connectivity index (χ0n) is 9.28. The van der Waals surface area contributed by atoms with Crippen molar-refractivity contribution in [3.63, 3.8) is 0 Å². The van der Waals surface area contributed by atoms with Crippen molar-refractivity contribution in [2.24, 2.45) is 0 Å². The summed E-state index contributed by atoms with van der Waals surface area (Å²) >= 11 is 6.43. The molecule has 1 heterocycles. The van der Waals surface area contributed by atoms with Crippen LogP contribution in [-0.4, -0.2) is 10.1 Å². The third-order valence-corrected chi connectivity index (χ3v) is 3.56. The molecule has 0 aliphatic heterocycles. The summed E-state index contributed by atoms with van der Waals surface area (Å²) in [6, 6.07) is 6.40.